The van der Waals surface area contributed by atoms with E-state index in [1.165, 1.54) is 14.2 Å². The number of esters is 2. The van der Waals surface area contributed by atoms with E-state index in [0.717, 1.165) is 10.9 Å². The Hall–Kier alpha value is -3.94. The Morgan fingerprint density at radius 1 is 0.967 bits per heavy atom. The Morgan fingerprint density at radius 3 is 2.40 bits per heavy atom. The predicted molar refractivity (Wildman–Crippen MR) is 109 cm³/mol. The second kappa shape index (κ2) is 9.04. The topological polar surface area (TPSA) is 115 Å². The third-order valence-electron chi connectivity index (χ3n) is 4.64. The molecule has 0 aliphatic carbocycles. The summed E-state index contributed by atoms with van der Waals surface area (Å²) in [6.07, 6.45) is 0.495. The fraction of sp³-hybridized carbons (Fsp3) is 0.182. The molecule has 0 spiro atoms. The molecule has 4 rings (SSSR count). The summed E-state index contributed by atoms with van der Waals surface area (Å²) in [7, 11) is 2.59. The SMILES string of the molecule is COC(=O)C1Cc2ccccc2C(=O)N1.COC(=O)c1cc2ccccc2c(=O)[nH]1. The molecule has 0 fully saturated rings. The van der Waals surface area contributed by atoms with Gasteiger partial charge in [0.05, 0.1) is 14.2 Å². The molecule has 1 aliphatic heterocycles. The molecule has 1 aliphatic rings. The first kappa shape index (κ1) is 20.8. The van der Waals surface area contributed by atoms with E-state index >= 15 is 0 Å². The molecule has 1 atom stereocenters. The summed E-state index contributed by atoms with van der Waals surface area (Å²) in [5, 5.41) is 3.89. The Bertz CT molecular complexity index is 1170. The highest BCUT2D eigenvalue weighted by atomic mass is 16.5. The zero-order valence-corrected chi connectivity index (χ0v) is 16.4. The van der Waals surface area contributed by atoms with E-state index in [2.05, 4.69) is 19.8 Å². The summed E-state index contributed by atoms with van der Waals surface area (Å²) in [5.41, 5.74) is 1.41. The van der Waals surface area contributed by atoms with Crippen LogP contribution in [0, 0.1) is 0 Å². The minimum absolute atomic E-state index is 0.168. The van der Waals surface area contributed by atoms with Crippen LogP contribution in [-0.2, 0) is 20.7 Å². The number of aromatic nitrogens is 1. The van der Waals surface area contributed by atoms with Gasteiger partial charge in [0.1, 0.15) is 11.7 Å². The van der Waals surface area contributed by atoms with Crippen LogP contribution in [0.5, 0.6) is 0 Å². The van der Waals surface area contributed by atoms with Gasteiger partial charge in [0.25, 0.3) is 11.5 Å². The van der Waals surface area contributed by atoms with Crippen LogP contribution in [0.2, 0.25) is 0 Å². The molecule has 8 heteroatoms. The van der Waals surface area contributed by atoms with Crippen molar-refractivity contribution in [2.75, 3.05) is 14.2 Å². The molecule has 0 saturated carbocycles. The van der Waals surface area contributed by atoms with Crippen molar-refractivity contribution in [1.29, 1.82) is 0 Å². The van der Waals surface area contributed by atoms with E-state index in [1.807, 2.05) is 18.2 Å². The van der Waals surface area contributed by atoms with Crippen molar-refractivity contribution in [3.05, 3.63) is 81.8 Å². The molecule has 3 aromatic rings. The Balaban J connectivity index is 0.000000171. The first-order chi connectivity index (χ1) is 14.4. The average Bonchev–Trinajstić information content (AvgIpc) is 2.78. The predicted octanol–water partition coefficient (Wildman–Crippen LogP) is 1.83. The van der Waals surface area contributed by atoms with Crippen molar-refractivity contribution in [2.45, 2.75) is 12.5 Å². The van der Waals surface area contributed by atoms with Crippen LogP contribution in [0.3, 0.4) is 0 Å². The molecule has 1 unspecified atom stereocenters. The molecule has 8 nitrogen and oxygen atoms in total. The van der Waals surface area contributed by atoms with E-state index in [1.54, 1.807) is 36.4 Å². The Morgan fingerprint density at radius 2 is 1.67 bits per heavy atom. The number of fused-ring (bicyclic) bond motifs is 2. The maximum Gasteiger partial charge on any atom is 0.354 e. The lowest BCUT2D eigenvalue weighted by atomic mass is 9.95. The minimum atomic E-state index is -0.558. The number of amides is 1. The number of benzene rings is 2. The fourth-order valence-electron chi connectivity index (χ4n) is 3.14. The van der Waals surface area contributed by atoms with Crippen LogP contribution in [0.1, 0.15) is 26.4 Å². The smallest absolute Gasteiger partial charge is 0.354 e. The van der Waals surface area contributed by atoms with Crippen LogP contribution in [0.4, 0.5) is 0 Å². The molecule has 30 heavy (non-hydrogen) atoms. The fourth-order valence-corrected chi connectivity index (χ4v) is 3.14. The van der Waals surface area contributed by atoms with E-state index < -0.39 is 18.0 Å². The molecule has 0 radical (unpaired) electrons. The summed E-state index contributed by atoms with van der Waals surface area (Å²) in [5.74, 6) is -1.16. The van der Waals surface area contributed by atoms with Crippen molar-refractivity contribution in [3.63, 3.8) is 0 Å². The number of H-pyrrole nitrogens is 1. The number of carbonyl (C=O) groups excluding carboxylic acids is 3. The largest absolute Gasteiger partial charge is 0.467 e. The Labute approximate surface area is 171 Å². The molecular weight excluding hydrogens is 388 g/mol. The third kappa shape index (κ3) is 4.38. The van der Waals surface area contributed by atoms with Gasteiger partial charge in [0, 0.05) is 17.4 Å². The highest BCUT2D eigenvalue weighted by Gasteiger charge is 2.29. The first-order valence-electron chi connectivity index (χ1n) is 9.11. The molecule has 1 amide bonds. The van der Waals surface area contributed by atoms with Gasteiger partial charge < -0.3 is 19.8 Å². The van der Waals surface area contributed by atoms with Crippen LogP contribution >= 0.6 is 0 Å². The second-order valence-electron chi connectivity index (χ2n) is 6.50. The summed E-state index contributed by atoms with van der Waals surface area (Å²) in [6, 6.07) is 15.4. The molecule has 2 aromatic carbocycles. The maximum absolute atomic E-state index is 11.6. The summed E-state index contributed by atoms with van der Waals surface area (Å²) < 4.78 is 9.13. The van der Waals surface area contributed by atoms with Gasteiger partial charge in [-0.25, -0.2) is 9.59 Å². The van der Waals surface area contributed by atoms with Gasteiger partial charge in [0.15, 0.2) is 0 Å². The molecule has 2 N–H and O–H groups in total. The number of aromatic amines is 1. The molecule has 0 bridgehead atoms. The second-order valence-corrected chi connectivity index (χ2v) is 6.50. The number of hydrogen-bond donors (Lipinski definition) is 2. The molecule has 154 valence electrons. The van der Waals surface area contributed by atoms with Crippen molar-refractivity contribution < 1.29 is 23.9 Å². The van der Waals surface area contributed by atoms with Crippen molar-refractivity contribution in [1.82, 2.24) is 10.3 Å². The normalized spacial score (nSPS) is 14.6. The number of carbonyl (C=O) groups is 3. The van der Waals surface area contributed by atoms with Crippen molar-refractivity contribution in [2.24, 2.45) is 0 Å². The highest BCUT2D eigenvalue weighted by molar-refractivity contribution is 6.00. The lowest BCUT2D eigenvalue weighted by molar-refractivity contribution is -0.142. The van der Waals surface area contributed by atoms with Crippen LogP contribution in [-0.4, -0.2) is 43.1 Å². The average molecular weight is 408 g/mol. The van der Waals surface area contributed by atoms with Gasteiger partial charge in [0.2, 0.25) is 0 Å². The summed E-state index contributed by atoms with van der Waals surface area (Å²) in [4.78, 5) is 48.1. The minimum Gasteiger partial charge on any atom is -0.467 e. The standard InChI is InChI=1S/C11H11NO3.C11H9NO3/c2*1-15-11(14)9-6-7-4-2-3-5-8(7)10(13)12-9/h2-5,9H,6H2,1H3,(H,12,13);2-6H,1H3,(H,12,13). The zero-order valence-electron chi connectivity index (χ0n) is 16.4. The van der Waals surface area contributed by atoms with E-state index in [0.29, 0.717) is 17.4 Å². The first-order valence-corrected chi connectivity index (χ1v) is 9.11. The number of methoxy groups -OCH3 is 2. The number of hydrogen-bond acceptors (Lipinski definition) is 6. The summed E-state index contributed by atoms with van der Waals surface area (Å²) >= 11 is 0. The van der Waals surface area contributed by atoms with E-state index in [4.69, 9.17) is 0 Å². The third-order valence-corrected chi connectivity index (χ3v) is 4.64. The lowest BCUT2D eigenvalue weighted by Crippen LogP contribution is -2.46. The molecule has 1 aromatic heterocycles. The van der Waals surface area contributed by atoms with Gasteiger partial charge in [-0.2, -0.15) is 0 Å². The molecular formula is C22H20N2O6. The van der Waals surface area contributed by atoms with Gasteiger partial charge >= 0.3 is 11.9 Å². The Kier molecular flexibility index (Phi) is 6.26. The van der Waals surface area contributed by atoms with Crippen molar-refractivity contribution >= 4 is 28.6 Å². The maximum atomic E-state index is 11.6. The van der Waals surface area contributed by atoms with Gasteiger partial charge in [-0.3, -0.25) is 9.59 Å². The number of pyridine rings is 1. The van der Waals surface area contributed by atoms with Gasteiger partial charge in [-0.15, -0.1) is 0 Å². The number of ether oxygens (including phenoxy) is 2. The van der Waals surface area contributed by atoms with Gasteiger partial charge in [-0.1, -0.05) is 36.4 Å². The quantitative estimate of drug-likeness (QED) is 0.625. The highest BCUT2D eigenvalue weighted by Crippen LogP contribution is 2.16. The van der Waals surface area contributed by atoms with E-state index in [9.17, 15) is 19.2 Å². The summed E-state index contributed by atoms with van der Waals surface area (Å²) in [6.45, 7) is 0. The lowest BCUT2D eigenvalue weighted by Gasteiger charge is -2.23. The van der Waals surface area contributed by atoms with Crippen molar-refractivity contribution in [3.8, 4) is 0 Å². The zero-order chi connectivity index (χ0) is 21.7. The van der Waals surface area contributed by atoms with Crippen LogP contribution in [0.25, 0.3) is 10.8 Å². The number of rotatable bonds is 2. The number of nitrogens with one attached hydrogen (secondary N) is 2. The van der Waals surface area contributed by atoms with Gasteiger partial charge in [-0.05, 0) is 29.1 Å². The monoisotopic (exact) mass is 408 g/mol. The molecule has 0 saturated heterocycles. The van der Waals surface area contributed by atoms with Crippen LogP contribution < -0.4 is 10.9 Å². The molecule has 2 heterocycles. The van der Waals surface area contributed by atoms with E-state index in [-0.39, 0.29) is 17.2 Å². The van der Waals surface area contributed by atoms with Crippen LogP contribution in [0.15, 0.2) is 59.4 Å².